The van der Waals surface area contributed by atoms with Crippen LogP contribution in [0.5, 0.6) is 11.5 Å². The lowest BCUT2D eigenvalue weighted by atomic mass is 10.1. The van der Waals surface area contributed by atoms with Crippen LogP contribution in [0.3, 0.4) is 0 Å². The molecule has 1 aliphatic heterocycles. The number of amides is 2. The Hall–Kier alpha value is -3.53. The first-order chi connectivity index (χ1) is 15.8. The molecule has 1 heterocycles. The van der Waals surface area contributed by atoms with Gasteiger partial charge in [0.05, 0.1) is 28.7 Å². The zero-order valence-corrected chi connectivity index (χ0v) is 18.6. The van der Waals surface area contributed by atoms with Crippen LogP contribution >= 0.6 is 0 Å². The van der Waals surface area contributed by atoms with Crippen LogP contribution in [-0.4, -0.2) is 60.8 Å². The van der Waals surface area contributed by atoms with Crippen molar-refractivity contribution in [3.05, 3.63) is 90.0 Å². The van der Waals surface area contributed by atoms with E-state index in [1.807, 2.05) is 18.2 Å². The molecule has 0 aromatic heterocycles. The van der Waals surface area contributed by atoms with Crippen molar-refractivity contribution in [2.75, 3.05) is 20.2 Å². The van der Waals surface area contributed by atoms with E-state index in [0.717, 1.165) is 9.21 Å². The van der Waals surface area contributed by atoms with E-state index in [0.29, 0.717) is 11.5 Å². The lowest BCUT2D eigenvalue weighted by molar-refractivity contribution is 0.0600. The van der Waals surface area contributed by atoms with Gasteiger partial charge < -0.3 is 9.84 Å². The Morgan fingerprint density at radius 2 is 1.36 bits per heavy atom. The summed E-state index contributed by atoms with van der Waals surface area (Å²) in [5.74, 6) is 0.0589. The highest BCUT2D eigenvalue weighted by atomic mass is 32.2. The maximum Gasteiger partial charge on any atom is 0.261 e. The Kier molecular flexibility index (Phi) is 6.28. The van der Waals surface area contributed by atoms with Gasteiger partial charge in [0.15, 0.2) is 0 Å². The van der Waals surface area contributed by atoms with Crippen molar-refractivity contribution >= 4 is 21.8 Å². The fourth-order valence-electron chi connectivity index (χ4n) is 3.57. The average molecular weight is 467 g/mol. The first-order valence-electron chi connectivity index (χ1n) is 10.2. The van der Waals surface area contributed by atoms with Crippen LogP contribution in [0.2, 0.25) is 0 Å². The van der Waals surface area contributed by atoms with Crippen molar-refractivity contribution in [2.45, 2.75) is 10.9 Å². The lowest BCUT2D eigenvalue weighted by Crippen LogP contribution is -2.48. The van der Waals surface area contributed by atoms with Crippen LogP contribution in [0.25, 0.3) is 0 Å². The highest BCUT2D eigenvalue weighted by Crippen LogP contribution is 2.26. The molecule has 8 nitrogen and oxygen atoms in total. The van der Waals surface area contributed by atoms with Gasteiger partial charge in [-0.15, -0.1) is 0 Å². The van der Waals surface area contributed by atoms with Gasteiger partial charge in [0.1, 0.15) is 11.5 Å². The molecule has 1 aliphatic rings. The second-order valence-corrected chi connectivity index (χ2v) is 9.51. The Bertz CT molecular complexity index is 1240. The van der Waals surface area contributed by atoms with Gasteiger partial charge in [-0.25, -0.2) is 8.42 Å². The van der Waals surface area contributed by atoms with Gasteiger partial charge in [-0.2, -0.15) is 4.31 Å². The Labute approximate surface area is 191 Å². The largest absolute Gasteiger partial charge is 0.457 e. The van der Waals surface area contributed by atoms with Crippen molar-refractivity contribution in [2.24, 2.45) is 0 Å². The number of para-hydroxylation sites is 1. The molecule has 1 N–H and O–H groups in total. The van der Waals surface area contributed by atoms with Crippen molar-refractivity contribution in [1.29, 1.82) is 0 Å². The summed E-state index contributed by atoms with van der Waals surface area (Å²) in [6, 6.07) is 20.3. The second kappa shape index (κ2) is 9.14. The molecular formula is C24H22N2O6S. The Balaban J connectivity index is 1.50. The highest BCUT2D eigenvalue weighted by Gasteiger charge is 2.38. The summed E-state index contributed by atoms with van der Waals surface area (Å²) >= 11 is 0. The van der Waals surface area contributed by atoms with Gasteiger partial charge in [0, 0.05) is 13.6 Å². The van der Waals surface area contributed by atoms with Crippen molar-refractivity contribution in [3.8, 4) is 11.5 Å². The third-order valence-electron chi connectivity index (χ3n) is 5.48. The zero-order valence-electron chi connectivity index (χ0n) is 17.8. The van der Waals surface area contributed by atoms with Crippen LogP contribution in [0.1, 0.15) is 20.7 Å². The molecule has 1 unspecified atom stereocenters. The number of ether oxygens (including phenoxy) is 1. The predicted molar refractivity (Wildman–Crippen MR) is 121 cm³/mol. The molecule has 170 valence electrons. The molecule has 3 aromatic rings. The molecule has 1 atom stereocenters. The van der Waals surface area contributed by atoms with Crippen LogP contribution in [0.4, 0.5) is 0 Å². The molecule has 0 spiro atoms. The Morgan fingerprint density at radius 1 is 0.848 bits per heavy atom. The summed E-state index contributed by atoms with van der Waals surface area (Å²) in [5.41, 5.74) is 0.525. The van der Waals surface area contributed by atoms with Gasteiger partial charge >= 0.3 is 0 Å². The maximum absolute atomic E-state index is 13.1. The summed E-state index contributed by atoms with van der Waals surface area (Å²) < 4.78 is 32.9. The number of aliphatic hydroxyl groups is 1. The summed E-state index contributed by atoms with van der Waals surface area (Å²) in [5, 5.41) is 9.89. The van der Waals surface area contributed by atoms with Crippen molar-refractivity contribution in [3.63, 3.8) is 0 Å². The minimum absolute atomic E-state index is 0.00813. The summed E-state index contributed by atoms with van der Waals surface area (Å²) in [4.78, 5) is 26.2. The number of carbonyl (C=O) groups excluding carboxylic acids is 2. The second-order valence-electron chi connectivity index (χ2n) is 7.51. The smallest absolute Gasteiger partial charge is 0.261 e. The summed E-state index contributed by atoms with van der Waals surface area (Å²) in [7, 11) is -2.71. The van der Waals surface area contributed by atoms with E-state index in [-0.39, 0.29) is 22.6 Å². The standard InChI is InChI=1S/C24H22N2O6S/c1-25(17(16-27)15-26-23(28)21-9-5-6-10-22(21)24(26)29)33(30,31)20-13-11-19(12-14-20)32-18-7-3-2-4-8-18/h2-14,17,27H,15-16H2,1H3. The molecule has 0 saturated heterocycles. The van der Waals surface area contributed by atoms with E-state index in [1.165, 1.54) is 31.3 Å². The number of rotatable bonds is 8. The molecule has 33 heavy (non-hydrogen) atoms. The number of benzene rings is 3. The fraction of sp³-hybridized carbons (Fsp3) is 0.167. The quantitative estimate of drug-likeness (QED) is 0.512. The van der Waals surface area contributed by atoms with Gasteiger partial charge in [0.2, 0.25) is 10.0 Å². The topological polar surface area (TPSA) is 104 Å². The van der Waals surface area contributed by atoms with E-state index in [1.54, 1.807) is 36.4 Å². The van der Waals surface area contributed by atoms with Crippen molar-refractivity contribution < 1.29 is 27.9 Å². The first kappa shape index (κ1) is 22.7. The molecular weight excluding hydrogens is 444 g/mol. The summed E-state index contributed by atoms with van der Waals surface area (Å²) in [6.45, 7) is -0.841. The van der Waals surface area contributed by atoms with Crippen molar-refractivity contribution in [1.82, 2.24) is 9.21 Å². The van der Waals surface area contributed by atoms with E-state index in [2.05, 4.69) is 0 Å². The number of aliphatic hydroxyl groups excluding tert-OH is 1. The average Bonchev–Trinajstić information content (AvgIpc) is 3.07. The van der Waals surface area contributed by atoms with Crippen LogP contribution in [0, 0.1) is 0 Å². The molecule has 0 aliphatic carbocycles. The minimum Gasteiger partial charge on any atom is -0.457 e. The number of carbonyl (C=O) groups is 2. The third-order valence-corrected chi connectivity index (χ3v) is 7.40. The van der Waals surface area contributed by atoms with Gasteiger partial charge in [0.25, 0.3) is 11.8 Å². The first-order valence-corrected chi connectivity index (χ1v) is 11.6. The van der Waals surface area contributed by atoms with Gasteiger partial charge in [-0.1, -0.05) is 30.3 Å². The molecule has 0 bridgehead atoms. The highest BCUT2D eigenvalue weighted by molar-refractivity contribution is 7.89. The van der Waals surface area contributed by atoms with Gasteiger partial charge in [-0.05, 0) is 48.5 Å². The van der Waals surface area contributed by atoms with E-state index >= 15 is 0 Å². The molecule has 4 rings (SSSR count). The predicted octanol–water partition coefficient (Wildman–Crippen LogP) is 2.76. The molecule has 0 fully saturated rings. The number of hydrogen-bond acceptors (Lipinski definition) is 6. The van der Waals surface area contributed by atoms with E-state index in [4.69, 9.17) is 4.74 Å². The minimum atomic E-state index is -4.02. The number of likely N-dealkylation sites (N-methyl/N-ethyl adjacent to an activating group) is 1. The van der Waals surface area contributed by atoms with Crippen LogP contribution in [-0.2, 0) is 10.0 Å². The molecule has 0 saturated carbocycles. The number of fused-ring (bicyclic) bond motifs is 1. The lowest BCUT2D eigenvalue weighted by Gasteiger charge is -2.28. The molecule has 2 amide bonds. The third kappa shape index (κ3) is 4.38. The van der Waals surface area contributed by atoms with Crippen LogP contribution in [0.15, 0.2) is 83.8 Å². The number of hydrogen-bond donors (Lipinski definition) is 1. The fourth-order valence-corrected chi connectivity index (χ4v) is 4.91. The van der Waals surface area contributed by atoms with Crippen LogP contribution < -0.4 is 4.74 Å². The zero-order chi connectivity index (χ0) is 23.6. The Morgan fingerprint density at radius 3 is 1.91 bits per heavy atom. The summed E-state index contributed by atoms with van der Waals surface area (Å²) in [6.07, 6.45) is 0. The molecule has 9 heteroatoms. The number of nitrogens with zero attached hydrogens (tertiary/aromatic N) is 2. The molecule has 3 aromatic carbocycles. The van der Waals surface area contributed by atoms with E-state index < -0.39 is 34.5 Å². The maximum atomic E-state index is 13.1. The normalized spacial score (nSPS) is 14.5. The van der Waals surface area contributed by atoms with E-state index in [9.17, 15) is 23.1 Å². The monoisotopic (exact) mass is 466 g/mol. The number of imide groups is 1. The van der Waals surface area contributed by atoms with Gasteiger partial charge in [-0.3, -0.25) is 14.5 Å². The SMILES string of the molecule is CN(C(CO)CN1C(=O)c2ccccc2C1=O)S(=O)(=O)c1ccc(Oc2ccccc2)cc1. The number of sulfonamides is 1. The molecule has 0 radical (unpaired) electrons.